The van der Waals surface area contributed by atoms with E-state index in [-0.39, 0.29) is 0 Å². The van der Waals surface area contributed by atoms with E-state index in [4.69, 9.17) is 0 Å². The second-order valence-electron chi connectivity index (χ2n) is 4.97. The Morgan fingerprint density at radius 2 is 2.00 bits per heavy atom. The Bertz CT molecular complexity index is 230. The number of hydrogen-bond acceptors (Lipinski definition) is 3. The summed E-state index contributed by atoms with van der Waals surface area (Å²) in [5.41, 5.74) is 0. The minimum absolute atomic E-state index is 0.579. The molecule has 1 rings (SSSR count). The van der Waals surface area contributed by atoms with Crippen LogP contribution < -0.4 is 5.32 Å². The fraction of sp³-hybridized carbons (Fsp3) is 0.917. The van der Waals surface area contributed by atoms with Crippen LogP contribution in [0, 0.1) is 0 Å². The first-order valence-electron chi connectivity index (χ1n) is 6.20. The van der Waals surface area contributed by atoms with Crippen LogP contribution >= 0.6 is 11.8 Å². The molecule has 0 saturated carbocycles. The fourth-order valence-corrected chi connectivity index (χ4v) is 2.93. The SMILES string of the molecule is CC1CSC(=NCCN(C(C)C)C(C)C)N1. The molecule has 1 aliphatic rings. The van der Waals surface area contributed by atoms with E-state index in [2.05, 4.69) is 49.8 Å². The van der Waals surface area contributed by atoms with Crippen LogP contribution in [0.4, 0.5) is 0 Å². The maximum Gasteiger partial charge on any atom is 0.156 e. The van der Waals surface area contributed by atoms with Gasteiger partial charge in [-0.15, -0.1) is 0 Å². The second-order valence-corrected chi connectivity index (χ2v) is 5.98. The predicted octanol–water partition coefficient (Wildman–Crippen LogP) is 2.19. The lowest BCUT2D eigenvalue weighted by Gasteiger charge is -2.29. The van der Waals surface area contributed by atoms with Crippen LogP contribution in [-0.2, 0) is 0 Å². The molecule has 0 amide bonds. The third-order valence-corrected chi connectivity index (χ3v) is 3.97. The lowest BCUT2D eigenvalue weighted by atomic mass is 10.2. The number of amidine groups is 1. The first-order chi connectivity index (χ1) is 7.50. The quantitative estimate of drug-likeness (QED) is 0.802. The van der Waals surface area contributed by atoms with Gasteiger partial charge in [-0.05, 0) is 34.6 Å². The molecule has 1 atom stereocenters. The van der Waals surface area contributed by atoms with Crippen LogP contribution in [-0.4, -0.2) is 47.0 Å². The van der Waals surface area contributed by atoms with Crippen molar-refractivity contribution in [1.29, 1.82) is 0 Å². The van der Waals surface area contributed by atoms with Gasteiger partial charge in [0.1, 0.15) is 0 Å². The van der Waals surface area contributed by atoms with Crippen LogP contribution in [0.15, 0.2) is 4.99 Å². The molecule has 94 valence electrons. The summed E-state index contributed by atoms with van der Waals surface area (Å²) in [5.74, 6) is 1.15. The molecule has 0 bridgehead atoms. The monoisotopic (exact) mass is 243 g/mol. The normalized spacial score (nSPS) is 23.8. The summed E-state index contributed by atoms with van der Waals surface area (Å²) >= 11 is 1.84. The highest BCUT2D eigenvalue weighted by Crippen LogP contribution is 2.13. The van der Waals surface area contributed by atoms with Gasteiger partial charge in [0.15, 0.2) is 5.17 Å². The lowest BCUT2D eigenvalue weighted by molar-refractivity contribution is 0.181. The molecule has 16 heavy (non-hydrogen) atoms. The molecular weight excluding hydrogens is 218 g/mol. The molecule has 0 aromatic rings. The number of nitrogens with zero attached hydrogens (tertiary/aromatic N) is 2. The Labute approximate surface area is 104 Å². The number of rotatable bonds is 5. The van der Waals surface area contributed by atoms with Gasteiger partial charge in [-0.2, -0.15) is 0 Å². The maximum atomic E-state index is 4.61. The van der Waals surface area contributed by atoms with Crippen molar-refractivity contribution in [3.8, 4) is 0 Å². The van der Waals surface area contributed by atoms with Gasteiger partial charge >= 0.3 is 0 Å². The summed E-state index contributed by atoms with van der Waals surface area (Å²) < 4.78 is 0. The molecule has 1 unspecified atom stereocenters. The summed E-state index contributed by atoms with van der Waals surface area (Å²) in [4.78, 5) is 7.08. The second kappa shape index (κ2) is 6.50. The molecule has 0 radical (unpaired) electrons. The molecule has 1 saturated heterocycles. The van der Waals surface area contributed by atoms with Crippen LogP contribution in [0.3, 0.4) is 0 Å². The van der Waals surface area contributed by atoms with Gasteiger partial charge in [0.2, 0.25) is 0 Å². The van der Waals surface area contributed by atoms with Crippen molar-refractivity contribution in [3.63, 3.8) is 0 Å². The summed E-state index contributed by atoms with van der Waals surface area (Å²) in [7, 11) is 0. The smallest absolute Gasteiger partial charge is 0.156 e. The first-order valence-corrected chi connectivity index (χ1v) is 7.18. The Balaban J connectivity index is 2.33. The number of thioether (sulfide) groups is 1. The van der Waals surface area contributed by atoms with Crippen LogP contribution in [0.25, 0.3) is 0 Å². The van der Waals surface area contributed by atoms with Crippen molar-refractivity contribution in [2.24, 2.45) is 4.99 Å². The zero-order valence-electron chi connectivity index (χ0n) is 11.2. The van der Waals surface area contributed by atoms with Crippen LogP contribution in [0.2, 0.25) is 0 Å². The molecule has 1 N–H and O–H groups in total. The van der Waals surface area contributed by atoms with Crippen molar-refractivity contribution in [3.05, 3.63) is 0 Å². The van der Waals surface area contributed by atoms with Crippen molar-refractivity contribution in [2.45, 2.75) is 52.7 Å². The molecule has 1 heterocycles. The molecular formula is C12H25N3S. The van der Waals surface area contributed by atoms with Crippen LogP contribution in [0.5, 0.6) is 0 Å². The van der Waals surface area contributed by atoms with Gasteiger partial charge in [0.05, 0.1) is 6.54 Å². The number of aliphatic imine (C=N–C) groups is 1. The van der Waals surface area contributed by atoms with Gasteiger partial charge in [-0.3, -0.25) is 9.89 Å². The standard InChI is InChI=1S/C12H25N3S/c1-9(2)15(10(3)4)7-6-13-12-14-11(5)8-16-12/h9-11H,6-8H2,1-5H3,(H,13,14). The van der Waals surface area contributed by atoms with Crippen molar-refractivity contribution >= 4 is 16.9 Å². The van der Waals surface area contributed by atoms with Gasteiger partial charge < -0.3 is 5.32 Å². The van der Waals surface area contributed by atoms with E-state index in [9.17, 15) is 0 Å². The highest BCUT2D eigenvalue weighted by molar-refractivity contribution is 8.14. The van der Waals surface area contributed by atoms with Crippen LogP contribution in [0.1, 0.15) is 34.6 Å². The molecule has 1 fully saturated rings. The van der Waals surface area contributed by atoms with Crippen molar-refractivity contribution in [2.75, 3.05) is 18.8 Å². The van der Waals surface area contributed by atoms with Gasteiger partial charge in [0.25, 0.3) is 0 Å². The Hall–Kier alpha value is -0.220. The molecule has 0 aromatic carbocycles. The highest BCUT2D eigenvalue weighted by Gasteiger charge is 2.16. The molecule has 1 aliphatic heterocycles. The average molecular weight is 243 g/mol. The Kier molecular flexibility index (Phi) is 5.62. The fourth-order valence-electron chi connectivity index (χ4n) is 1.97. The summed E-state index contributed by atoms with van der Waals surface area (Å²) in [6.07, 6.45) is 0. The van der Waals surface area contributed by atoms with Crippen molar-refractivity contribution in [1.82, 2.24) is 10.2 Å². The minimum Gasteiger partial charge on any atom is -0.362 e. The maximum absolute atomic E-state index is 4.61. The third kappa shape index (κ3) is 4.34. The average Bonchev–Trinajstić information content (AvgIpc) is 2.57. The molecule has 4 heteroatoms. The zero-order valence-corrected chi connectivity index (χ0v) is 12.0. The summed E-state index contributed by atoms with van der Waals surface area (Å²) in [5, 5.41) is 4.51. The van der Waals surface area contributed by atoms with E-state index in [1.54, 1.807) is 0 Å². The van der Waals surface area contributed by atoms with E-state index >= 15 is 0 Å². The molecule has 0 aliphatic carbocycles. The predicted molar refractivity (Wildman–Crippen MR) is 74.3 cm³/mol. The topological polar surface area (TPSA) is 27.6 Å². The summed E-state index contributed by atoms with van der Waals surface area (Å²) in [6, 6.07) is 1.78. The number of hydrogen-bond donors (Lipinski definition) is 1. The highest BCUT2D eigenvalue weighted by atomic mass is 32.2. The molecule has 3 nitrogen and oxygen atoms in total. The largest absolute Gasteiger partial charge is 0.362 e. The van der Waals surface area contributed by atoms with Gasteiger partial charge in [-0.25, -0.2) is 0 Å². The van der Waals surface area contributed by atoms with E-state index in [0.717, 1.165) is 24.0 Å². The van der Waals surface area contributed by atoms with E-state index in [1.165, 1.54) is 0 Å². The molecule has 0 spiro atoms. The third-order valence-electron chi connectivity index (χ3n) is 2.78. The van der Waals surface area contributed by atoms with Crippen molar-refractivity contribution < 1.29 is 0 Å². The van der Waals surface area contributed by atoms with E-state index < -0.39 is 0 Å². The van der Waals surface area contributed by atoms with E-state index in [1.807, 2.05) is 11.8 Å². The van der Waals surface area contributed by atoms with Gasteiger partial charge in [0, 0.05) is 30.4 Å². The zero-order chi connectivity index (χ0) is 12.1. The van der Waals surface area contributed by atoms with Gasteiger partial charge in [-0.1, -0.05) is 11.8 Å². The molecule has 0 aromatic heterocycles. The summed E-state index contributed by atoms with van der Waals surface area (Å²) in [6.45, 7) is 13.1. The number of nitrogens with one attached hydrogen (secondary N) is 1. The lowest BCUT2D eigenvalue weighted by Crippen LogP contribution is -2.39. The minimum atomic E-state index is 0.579. The Morgan fingerprint density at radius 1 is 1.38 bits per heavy atom. The first kappa shape index (κ1) is 13.8. The Morgan fingerprint density at radius 3 is 2.44 bits per heavy atom. The van der Waals surface area contributed by atoms with E-state index in [0.29, 0.717) is 18.1 Å².